The van der Waals surface area contributed by atoms with Crippen molar-refractivity contribution in [1.29, 1.82) is 0 Å². The Bertz CT molecular complexity index is 2800. The molecule has 0 amide bonds. The van der Waals surface area contributed by atoms with E-state index in [1.165, 1.54) is 70.3 Å². The Labute approximate surface area is 305 Å². The molecule has 52 heavy (non-hydrogen) atoms. The molecule has 5 heteroatoms. The minimum Gasteiger partial charge on any atom is -0.458 e. The minimum atomic E-state index is -0.152. The van der Waals surface area contributed by atoms with Crippen LogP contribution in [0.1, 0.15) is 52.4 Å². The normalized spacial score (nSPS) is 17.7. The summed E-state index contributed by atoms with van der Waals surface area (Å²) in [5.74, 6) is 1.00. The number of fused-ring (bicyclic) bond motifs is 10. The number of nitrogens with zero attached hydrogens (tertiary/aromatic N) is 1. The van der Waals surface area contributed by atoms with E-state index in [9.17, 15) is 0 Å². The van der Waals surface area contributed by atoms with Crippen LogP contribution in [-0.4, -0.2) is 5.71 Å². The third kappa shape index (κ3) is 4.63. The topological polar surface area (TPSA) is 49.6 Å². The molecule has 0 saturated heterocycles. The van der Waals surface area contributed by atoms with Crippen LogP contribution in [-0.2, 0) is 0 Å². The fraction of sp³-hybridized carbons (Fsp3) is 0.0851. The molecular formula is C47H33N3OS. The van der Waals surface area contributed by atoms with E-state index in [1.807, 2.05) is 11.3 Å². The summed E-state index contributed by atoms with van der Waals surface area (Å²) in [5, 5.41) is 12.6. The summed E-state index contributed by atoms with van der Waals surface area (Å²) in [6, 6.07) is 49.7. The van der Waals surface area contributed by atoms with E-state index in [1.54, 1.807) is 0 Å². The number of furan rings is 1. The first kappa shape index (κ1) is 29.5. The average Bonchev–Trinajstić information content (AvgIpc) is 3.80. The second-order valence-electron chi connectivity index (χ2n) is 13.9. The molecular weight excluding hydrogens is 655 g/mol. The molecule has 2 aromatic heterocycles. The van der Waals surface area contributed by atoms with E-state index in [4.69, 9.17) is 9.41 Å². The summed E-state index contributed by atoms with van der Waals surface area (Å²) < 4.78 is 7.97. The highest BCUT2D eigenvalue weighted by molar-refractivity contribution is 7.22. The standard InChI is InChI=1S/C47H33N3OS/c1-2-12-31(13-3-1)47-49-42(46-44(50-47)36-18-7-9-20-39(36)52-46)30-23-21-28(22-24-30)32-14-10-15-33(27-32)41-45-40(35-17-6-8-19-38(35)51-45)37-26-25-29-11-4-5-16-34(29)43(37)48-41/h1-9,11-14,16-27,41,47-48,50H,10,15H2. The lowest BCUT2D eigenvalue weighted by atomic mass is 9.84. The first-order valence-electron chi connectivity index (χ1n) is 18.0. The van der Waals surface area contributed by atoms with Crippen molar-refractivity contribution >= 4 is 65.8 Å². The lowest BCUT2D eigenvalue weighted by Gasteiger charge is -2.30. The monoisotopic (exact) mass is 687 g/mol. The molecule has 2 N–H and O–H groups in total. The number of para-hydroxylation sites is 1. The van der Waals surface area contributed by atoms with Crippen molar-refractivity contribution in [2.24, 2.45) is 4.99 Å². The Morgan fingerprint density at radius 1 is 0.654 bits per heavy atom. The molecule has 6 aromatic carbocycles. The number of hydrogen-bond donors (Lipinski definition) is 2. The second-order valence-corrected chi connectivity index (χ2v) is 14.9. The summed E-state index contributed by atoms with van der Waals surface area (Å²) in [7, 11) is 0. The van der Waals surface area contributed by atoms with Crippen molar-refractivity contribution in [3.8, 4) is 11.1 Å². The molecule has 0 saturated carbocycles. The Morgan fingerprint density at radius 3 is 2.29 bits per heavy atom. The van der Waals surface area contributed by atoms with Crippen LogP contribution >= 0.6 is 11.3 Å². The van der Waals surface area contributed by atoms with Gasteiger partial charge in [0.05, 0.1) is 22.0 Å². The predicted molar refractivity (Wildman–Crippen MR) is 218 cm³/mol. The number of benzene rings is 6. The van der Waals surface area contributed by atoms with Crippen LogP contribution in [0.2, 0.25) is 0 Å². The van der Waals surface area contributed by atoms with E-state index >= 15 is 0 Å². The lowest BCUT2D eigenvalue weighted by Crippen LogP contribution is -2.19. The first-order chi connectivity index (χ1) is 25.8. The Hall–Kier alpha value is -6.17. The molecule has 0 spiro atoms. The molecule has 2 atom stereocenters. The fourth-order valence-electron chi connectivity index (χ4n) is 8.34. The largest absolute Gasteiger partial charge is 0.458 e. The number of rotatable bonds is 4. The highest BCUT2D eigenvalue weighted by Crippen LogP contribution is 2.51. The maximum Gasteiger partial charge on any atom is 0.145 e. The predicted octanol–water partition coefficient (Wildman–Crippen LogP) is 12.7. The molecule has 248 valence electrons. The molecule has 4 heterocycles. The summed E-state index contributed by atoms with van der Waals surface area (Å²) in [6.07, 6.45) is 6.56. The van der Waals surface area contributed by atoms with E-state index in [-0.39, 0.29) is 12.2 Å². The number of anilines is 2. The summed E-state index contributed by atoms with van der Waals surface area (Å²) in [4.78, 5) is 6.52. The van der Waals surface area contributed by atoms with Gasteiger partial charge >= 0.3 is 0 Å². The van der Waals surface area contributed by atoms with E-state index in [0.717, 1.165) is 41.0 Å². The Morgan fingerprint density at radius 2 is 1.40 bits per heavy atom. The molecule has 8 aromatic rings. The quantitative estimate of drug-likeness (QED) is 0.194. The van der Waals surface area contributed by atoms with Gasteiger partial charge in [-0.25, -0.2) is 0 Å². The van der Waals surface area contributed by atoms with Crippen LogP contribution in [0.5, 0.6) is 0 Å². The van der Waals surface area contributed by atoms with Gasteiger partial charge in [-0.15, -0.1) is 11.3 Å². The zero-order valence-electron chi connectivity index (χ0n) is 28.3. The number of nitrogens with one attached hydrogen (secondary N) is 2. The Kier molecular flexibility index (Phi) is 6.64. The van der Waals surface area contributed by atoms with Gasteiger partial charge < -0.3 is 15.1 Å². The van der Waals surface area contributed by atoms with Crippen LogP contribution in [0.3, 0.4) is 0 Å². The molecule has 0 fully saturated rings. The minimum absolute atomic E-state index is 0.0610. The van der Waals surface area contributed by atoms with Gasteiger partial charge in [0.2, 0.25) is 0 Å². The highest BCUT2D eigenvalue weighted by atomic mass is 32.1. The smallest absolute Gasteiger partial charge is 0.145 e. The second kappa shape index (κ2) is 11.7. The van der Waals surface area contributed by atoms with E-state index < -0.39 is 0 Å². The van der Waals surface area contributed by atoms with E-state index in [2.05, 4.69) is 162 Å². The number of hydrogen-bond acceptors (Lipinski definition) is 5. The van der Waals surface area contributed by atoms with Crippen LogP contribution in [0.25, 0.3) is 48.5 Å². The SMILES string of the molecule is C1=C(c2ccc(C3=NC(c4ccccc4)Nc4c3sc3ccccc43)cc2)C=C(C2Nc3c(ccc4ccccc34)-c3c2oc2ccccc32)CC1. The van der Waals surface area contributed by atoms with Crippen LogP contribution in [0.15, 0.2) is 167 Å². The van der Waals surface area contributed by atoms with Gasteiger partial charge in [0, 0.05) is 37.5 Å². The first-order valence-corrected chi connectivity index (χ1v) is 18.8. The maximum absolute atomic E-state index is 6.70. The van der Waals surface area contributed by atoms with Crippen molar-refractivity contribution in [3.05, 3.63) is 185 Å². The van der Waals surface area contributed by atoms with Crippen molar-refractivity contribution < 1.29 is 4.42 Å². The molecule has 2 unspecified atom stereocenters. The lowest BCUT2D eigenvalue weighted by molar-refractivity contribution is 0.528. The number of thiophene rings is 1. The van der Waals surface area contributed by atoms with Crippen LogP contribution in [0.4, 0.5) is 11.4 Å². The van der Waals surface area contributed by atoms with Gasteiger partial charge in [-0.05, 0) is 52.6 Å². The van der Waals surface area contributed by atoms with Gasteiger partial charge in [0.25, 0.3) is 0 Å². The third-order valence-electron chi connectivity index (χ3n) is 10.8. The van der Waals surface area contributed by atoms with Gasteiger partial charge in [-0.2, -0.15) is 0 Å². The zero-order chi connectivity index (χ0) is 34.2. The van der Waals surface area contributed by atoms with Crippen LogP contribution in [0, 0.1) is 0 Å². The zero-order valence-corrected chi connectivity index (χ0v) is 29.1. The van der Waals surface area contributed by atoms with E-state index in [0.29, 0.717) is 0 Å². The van der Waals surface area contributed by atoms with Crippen LogP contribution < -0.4 is 10.6 Å². The molecule has 2 aliphatic heterocycles. The molecule has 0 bridgehead atoms. The summed E-state index contributed by atoms with van der Waals surface area (Å²) in [5.41, 5.74) is 12.8. The van der Waals surface area contributed by atoms with Crippen molar-refractivity contribution in [2.45, 2.75) is 25.0 Å². The molecule has 3 aliphatic rings. The number of allylic oxidation sites excluding steroid dienone is 3. The van der Waals surface area contributed by atoms with Crippen molar-refractivity contribution in [1.82, 2.24) is 0 Å². The Balaban J connectivity index is 0.975. The van der Waals surface area contributed by atoms with Crippen molar-refractivity contribution in [3.63, 3.8) is 0 Å². The van der Waals surface area contributed by atoms with Gasteiger partial charge in [-0.1, -0.05) is 140 Å². The average molecular weight is 688 g/mol. The van der Waals surface area contributed by atoms with Gasteiger partial charge in [0.1, 0.15) is 23.6 Å². The molecule has 0 radical (unpaired) electrons. The molecule has 4 nitrogen and oxygen atoms in total. The molecule has 11 rings (SSSR count). The summed E-state index contributed by atoms with van der Waals surface area (Å²) >= 11 is 1.81. The van der Waals surface area contributed by atoms with Gasteiger partial charge in [0.15, 0.2) is 0 Å². The summed E-state index contributed by atoms with van der Waals surface area (Å²) in [6.45, 7) is 0. The maximum atomic E-state index is 6.70. The highest BCUT2D eigenvalue weighted by Gasteiger charge is 2.34. The van der Waals surface area contributed by atoms with Gasteiger partial charge in [-0.3, -0.25) is 4.99 Å². The third-order valence-corrected chi connectivity index (χ3v) is 12.0. The van der Waals surface area contributed by atoms with Crippen molar-refractivity contribution in [2.75, 3.05) is 10.6 Å². The number of aliphatic imine (C=N–C) groups is 1. The molecule has 1 aliphatic carbocycles. The fourth-order valence-corrected chi connectivity index (χ4v) is 9.52.